The number of likely N-dealkylation sites (N-methyl/N-ethyl adjacent to an activating group) is 1. The van der Waals surface area contributed by atoms with E-state index in [1.165, 1.54) is 25.4 Å². The van der Waals surface area contributed by atoms with E-state index >= 15 is 4.39 Å². The molecule has 2 aromatic heterocycles. The van der Waals surface area contributed by atoms with Gasteiger partial charge in [0.2, 0.25) is 17.6 Å². The molecule has 0 saturated heterocycles. The van der Waals surface area contributed by atoms with Gasteiger partial charge in [0.25, 0.3) is 17.4 Å². The highest BCUT2D eigenvalue weighted by Crippen LogP contribution is 2.57. The van der Waals surface area contributed by atoms with Crippen molar-refractivity contribution in [2.45, 2.75) is 76.2 Å². The minimum Gasteiger partial charge on any atom is -0.451 e. The Hall–Kier alpha value is -4.81. The number of pyridine rings is 1. The molecule has 13 heteroatoms. The summed E-state index contributed by atoms with van der Waals surface area (Å²) in [7, 11) is 1.30. The first-order chi connectivity index (χ1) is 22.4. The maximum absolute atomic E-state index is 15.1. The number of hydrogen-bond donors (Lipinski definition) is 4. The number of carbonyl (C=O) groups is 5. The molecule has 0 aliphatic heterocycles. The predicted octanol–water partition coefficient (Wildman–Crippen LogP) is 2.77. The summed E-state index contributed by atoms with van der Waals surface area (Å²) in [5.41, 5.74) is -0.881. The molecule has 0 radical (unpaired) electrons. The Bertz CT molecular complexity index is 1800. The van der Waals surface area contributed by atoms with Crippen LogP contribution in [0.2, 0.25) is 0 Å². The van der Waals surface area contributed by atoms with E-state index in [0.29, 0.717) is 36.3 Å². The van der Waals surface area contributed by atoms with E-state index in [4.69, 9.17) is 4.42 Å². The number of halogens is 1. The van der Waals surface area contributed by atoms with E-state index in [9.17, 15) is 28.8 Å². The van der Waals surface area contributed by atoms with E-state index in [1.54, 1.807) is 31.2 Å². The summed E-state index contributed by atoms with van der Waals surface area (Å²) >= 11 is 0. The minimum atomic E-state index is -1.32. The van der Waals surface area contributed by atoms with Crippen LogP contribution in [0.25, 0.3) is 11.0 Å². The normalized spacial score (nSPS) is 24.8. The average Bonchev–Trinajstić information content (AvgIpc) is 3.37. The molecule has 1 aromatic carbocycles. The zero-order chi connectivity index (χ0) is 33.5. The smallest absolute Gasteiger partial charge is 0.287 e. The number of nitrogens with zero attached hydrogens (tertiary/aromatic N) is 1. The van der Waals surface area contributed by atoms with Gasteiger partial charge in [-0.1, -0.05) is 18.2 Å². The highest BCUT2D eigenvalue weighted by atomic mass is 19.1. The van der Waals surface area contributed by atoms with Crippen LogP contribution in [0.5, 0.6) is 0 Å². The third-order valence-corrected chi connectivity index (χ3v) is 9.93. The summed E-state index contributed by atoms with van der Waals surface area (Å²) < 4.78 is 22.0. The zero-order valence-electron chi connectivity index (χ0n) is 26.3. The Balaban J connectivity index is 1.14. The fourth-order valence-electron chi connectivity index (χ4n) is 7.94. The number of hydrogen-bond acceptors (Lipinski definition) is 7. The van der Waals surface area contributed by atoms with Crippen molar-refractivity contribution in [1.82, 2.24) is 20.5 Å². The van der Waals surface area contributed by atoms with Gasteiger partial charge in [-0.05, 0) is 81.4 Å². The second-order valence-corrected chi connectivity index (χ2v) is 13.2. The fourth-order valence-corrected chi connectivity index (χ4v) is 7.94. The number of Topliss-reactive ketones (excluding diaryl/α,β-unsaturated/α-hetero) is 1. The Morgan fingerprint density at radius 2 is 1.77 bits per heavy atom. The summed E-state index contributed by atoms with van der Waals surface area (Å²) in [5.74, 6) is -2.99. The van der Waals surface area contributed by atoms with Gasteiger partial charge in [0.15, 0.2) is 5.76 Å². The van der Waals surface area contributed by atoms with Crippen molar-refractivity contribution in [1.29, 1.82) is 0 Å². The van der Waals surface area contributed by atoms with Gasteiger partial charge in [0.1, 0.15) is 29.5 Å². The average molecular weight is 648 g/mol. The summed E-state index contributed by atoms with van der Waals surface area (Å²) in [4.78, 5) is 77.2. The van der Waals surface area contributed by atoms with Gasteiger partial charge in [0, 0.05) is 36.7 Å². The standard InChI is InChI=1S/C34H38FN5O7/c1-18-22-6-3-4-8-26(22)47-29(18)32(45)37-23(9-10-25(41)31(44)36-2)30(43)38-24-7-5-11-40(33(24)46)17-27(42)39-28-20-12-19-13-21(28)16-34(35,14-19)15-20/h3-8,11,19-21,23,28H,9-10,12-17H2,1-2H3,(H,36,44)(H,37,45)(H,38,43)(H,39,42)/t19?,20?,21?,23-,28?,34?/m0/s1. The number of para-hydroxylation sites is 1. The van der Waals surface area contributed by atoms with Gasteiger partial charge in [-0.25, -0.2) is 4.39 Å². The Morgan fingerprint density at radius 3 is 2.45 bits per heavy atom. The maximum Gasteiger partial charge on any atom is 0.287 e. The van der Waals surface area contributed by atoms with Gasteiger partial charge in [0.05, 0.1) is 0 Å². The van der Waals surface area contributed by atoms with Crippen LogP contribution in [-0.2, 0) is 25.7 Å². The number of furan rings is 1. The quantitative estimate of drug-likeness (QED) is 0.232. The molecular weight excluding hydrogens is 609 g/mol. The van der Waals surface area contributed by atoms with Crippen LogP contribution in [0.15, 0.2) is 51.8 Å². The number of aryl methyl sites for hydroxylation is 1. The lowest BCUT2D eigenvalue weighted by molar-refractivity contribution is -0.137. The molecule has 2 heterocycles. The number of aromatic nitrogens is 1. The second-order valence-electron chi connectivity index (χ2n) is 13.2. The lowest BCUT2D eigenvalue weighted by atomic mass is 9.53. The number of fused-ring (bicyclic) bond motifs is 1. The fraction of sp³-hybridized carbons (Fsp3) is 0.471. The van der Waals surface area contributed by atoms with Crippen LogP contribution in [0.3, 0.4) is 0 Å². The molecule has 3 atom stereocenters. The van der Waals surface area contributed by atoms with Crippen LogP contribution in [-0.4, -0.2) is 58.8 Å². The molecule has 4 amide bonds. The molecule has 2 unspecified atom stereocenters. The monoisotopic (exact) mass is 647 g/mol. The number of amides is 4. The molecule has 4 aliphatic carbocycles. The maximum atomic E-state index is 15.1. The number of benzene rings is 1. The number of carbonyl (C=O) groups excluding carboxylic acids is 5. The number of ketones is 1. The first kappa shape index (κ1) is 32.1. The Morgan fingerprint density at radius 1 is 1.04 bits per heavy atom. The minimum absolute atomic E-state index is 0.0180. The van der Waals surface area contributed by atoms with E-state index in [1.807, 2.05) is 0 Å². The van der Waals surface area contributed by atoms with Crippen LogP contribution in [0.1, 0.15) is 61.1 Å². The molecule has 47 heavy (non-hydrogen) atoms. The lowest BCUT2D eigenvalue weighted by Gasteiger charge is -2.56. The Labute approximate surface area is 269 Å². The van der Waals surface area contributed by atoms with Crippen molar-refractivity contribution >= 4 is 46.1 Å². The van der Waals surface area contributed by atoms with E-state index in [-0.39, 0.29) is 54.6 Å². The lowest BCUT2D eigenvalue weighted by Crippen LogP contribution is -2.60. The number of anilines is 1. The van der Waals surface area contributed by atoms with Gasteiger partial charge in [-0.3, -0.25) is 28.8 Å². The van der Waals surface area contributed by atoms with Crippen molar-refractivity contribution in [3.05, 3.63) is 64.3 Å². The van der Waals surface area contributed by atoms with Gasteiger partial charge >= 0.3 is 0 Å². The highest BCUT2D eigenvalue weighted by Gasteiger charge is 2.56. The summed E-state index contributed by atoms with van der Waals surface area (Å²) in [6.07, 6.45) is 4.15. The van der Waals surface area contributed by atoms with Crippen molar-refractivity contribution in [2.24, 2.45) is 17.8 Å². The third kappa shape index (κ3) is 6.56. The van der Waals surface area contributed by atoms with Crippen LogP contribution < -0.4 is 26.8 Å². The van der Waals surface area contributed by atoms with Crippen molar-refractivity contribution in [3.8, 4) is 0 Å². The first-order valence-corrected chi connectivity index (χ1v) is 16.0. The van der Waals surface area contributed by atoms with Crippen LogP contribution in [0, 0.1) is 24.7 Å². The topological polar surface area (TPSA) is 169 Å². The molecule has 4 bridgehead atoms. The summed E-state index contributed by atoms with van der Waals surface area (Å²) in [6.45, 7) is 1.41. The third-order valence-electron chi connectivity index (χ3n) is 9.93. The van der Waals surface area contributed by atoms with Gasteiger partial charge in [-0.15, -0.1) is 0 Å². The van der Waals surface area contributed by atoms with Crippen molar-refractivity contribution in [3.63, 3.8) is 0 Å². The largest absolute Gasteiger partial charge is 0.451 e. The number of alkyl halides is 1. The van der Waals surface area contributed by atoms with E-state index < -0.39 is 40.8 Å². The molecule has 4 fully saturated rings. The number of rotatable bonds is 11. The van der Waals surface area contributed by atoms with Crippen molar-refractivity contribution < 1.29 is 32.8 Å². The molecular formula is C34H38FN5O7. The zero-order valence-corrected chi connectivity index (χ0v) is 26.3. The molecule has 4 N–H and O–H groups in total. The van der Waals surface area contributed by atoms with E-state index in [0.717, 1.165) is 22.8 Å². The second kappa shape index (κ2) is 12.8. The highest BCUT2D eigenvalue weighted by molar-refractivity contribution is 6.36. The van der Waals surface area contributed by atoms with Gasteiger partial charge in [-0.2, -0.15) is 0 Å². The van der Waals surface area contributed by atoms with Gasteiger partial charge < -0.3 is 30.3 Å². The van der Waals surface area contributed by atoms with Crippen LogP contribution in [0.4, 0.5) is 10.1 Å². The molecule has 4 aliphatic rings. The molecule has 248 valence electrons. The van der Waals surface area contributed by atoms with Crippen LogP contribution >= 0.6 is 0 Å². The van der Waals surface area contributed by atoms with E-state index in [2.05, 4.69) is 21.3 Å². The first-order valence-electron chi connectivity index (χ1n) is 16.0. The Kier molecular flexibility index (Phi) is 8.73. The number of nitrogens with one attached hydrogen (secondary N) is 4. The van der Waals surface area contributed by atoms with Crippen molar-refractivity contribution in [2.75, 3.05) is 12.4 Å². The predicted molar refractivity (Wildman–Crippen MR) is 169 cm³/mol. The summed E-state index contributed by atoms with van der Waals surface area (Å²) in [6, 6.07) is 8.47. The molecule has 0 spiro atoms. The summed E-state index contributed by atoms with van der Waals surface area (Å²) in [5, 5.41) is 11.1. The molecule has 7 rings (SSSR count). The molecule has 4 saturated carbocycles. The molecule has 3 aromatic rings. The SMILES string of the molecule is CNC(=O)C(=O)CC[C@H](NC(=O)c1oc2ccccc2c1C)C(=O)Nc1cccn(CC(=O)NC2C3CC4CC2CC(F)(C4)C3)c1=O. The molecule has 12 nitrogen and oxygen atoms in total.